The molecular weight excluding hydrogens is 327 g/mol. The second-order valence-electron chi connectivity index (χ2n) is 6.07. The predicted octanol–water partition coefficient (Wildman–Crippen LogP) is 2.75. The van der Waals surface area contributed by atoms with Crippen molar-refractivity contribution in [1.29, 1.82) is 0 Å². The Morgan fingerprint density at radius 3 is 2.86 bits per heavy atom. The molecule has 1 aliphatic heterocycles. The highest BCUT2D eigenvalue weighted by molar-refractivity contribution is 6.29. The van der Waals surface area contributed by atoms with Crippen LogP contribution in [0.4, 0.5) is 4.79 Å². The Balaban J connectivity index is 2.26. The number of ether oxygens (including phenoxy) is 1. The lowest BCUT2D eigenvalue weighted by Gasteiger charge is -2.36. The predicted molar refractivity (Wildman–Crippen MR) is 85.1 cm³/mol. The number of carbonyl (C=O) groups is 1. The summed E-state index contributed by atoms with van der Waals surface area (Å²) in [5, 5.41) is 3.55. The van der Waals surface area contributed by atoms with E-state index in [1.54, 1.807) is 11.0 Å². The van der Waals surface area contributed by atoms with Crippen LogP contribution in [0.1, 0.15) is 38.3 Å². The number of alkyl halides is 1. The highest BCUT2D eigenvalue weighted by Crippen LogP contribution is 2.24. The van der Waals surface area contributed by atoms with Gasteiger partial charge in [0.2, 0.25) is 0 Å². The molecule has 1 aromatic rings. The summed E-state index contributed by atoms with van der Waals surface area (Å²) in [4.78, 5) is 22.7. The van der Waals surface area contributed by atoms with E-state index in [4.69, 9.17) is 27.9 Å². The van der Waals surface area contributed by atoms with Crippen LogP contribution in [0.25, 0.3) is 0 Å². The molecule has 1 saturated heterocycles. The Labute approximate surface area is 140 Å². The highest BCUT2D eigenvalue weighted by atomic mass is 35.5. The quantitative estimate of drug-likeness (QED) is 0.658. The minimum Gasteiger partial charge on any atom is -0.444 e. The van der Waals surface area contributed by atoms with Crippen LogP contribution < -0.4 is 5.32 Å². The molecule has 2 rings (SSSR count). The fourth-order valence-corrected chi connectivity index (χ4v) is 2.52. The van der Waals surface area contributed by atoms with Crippen molar-refractivity contribution in [1.82, 2.24) is 20.2 Å². The summed E-state index contributed by atoms with van der Waals surface area (Å²) in [6, 6.07) is 1.29. The van der Waals surface area contributed by atoms with Crippen LogP contribution >= 0.6 is 23.2 Å². The van der Waals surface area contributed by atoms with Gasteiger partial charge in [0.05, 0.1) is 11.6 Å². The van der Waals surface area contributed by atoms with Crippen LogP contribution in [0, 0.1) is 0 Å². The van der Waals surface area contributed by atoms with Crippen LogP contribution in [-0.2, 0) is 10.6 Å². The van der Waals surface area contributed by atoms with Crippen LogP contribution in [-0.4, -0.2) is 46.2 Å². The monoisotopic (exact) mass is 346 g/mol. The van der Waals surface area contributed by atoms with E-state index in [0.29, 0.717) is 36.3 Å². The summed E-state index contributed by atoms with van der Waals surface area (Å²) in [5.74, 6) is 0.711. The van der Waals surface area contributed by atoms with Crippen molar-refractivity contribution < 1.29 is 9.53 Å². The zero-order valence-corrected chi connectivity index (χ0v) is 14.4. The van der Waals surface area contributed by atoms with E-state index in [1.165, 1.54) is 0 Å². The average molecular weight is 347 g/mol. The molecule has 1 aliphatic rings. The Hall–Kier alpha value is -1.11. The molecule has 1 fully saturated rings. The topological polar surface area (TPSA) is 67.3 Å². The highest BCUT2D eigenvalue weighted by Gasteiger charge is 2.33. The Kier molecular flexibility index (Phi) is 5.47. The van der Waals surface area contributed by atoms with E-state index >= 15 is 0 Å². The van der Waals surface area contributed by atoms with Gasteiger partial charge in [0.15, 0.2) is 5.82 Å². The third kappa shape index (κ3) is 4.44. The zero-order chi connectivity index (χ0) is 16.3. The van der Waals surface area contributed by atoms with Crippen molar-refractivity contribution in [2.45, 2.75) is 38.3 Å². The van der Waals surface area contributed by atoms with Crippen LogP contribution in [0.5, 0.6) is 0 Å². The van der Waals surface area contributed by atoms with Crippen LogP contribution in [0.2, 0.25) is 5.15 Å². The molecule has 1 atom stereocenters. The molecule has 0 bridgehead atoms. The fourth-order valence-electron chi connectivity index (χ4n) is 2.18. The van der Waals surface area contributed by atoms with Gasteiger partial charge in [-0.25, -0.2) is 14.8 Å². The maximum atomic E-state index is 12.4. The molecule has 0 radical (unpaired) electrons. The SMILES string of the molecule is CC(C)(C)OC(=O)N1CCNCC1c1nc(Cl)cc(CCl)n1. The largest absolute Gasteiger partial charge is 0.444 e. The lowest BCUT2D eigenvalue weighted by Crippen LogP contribution is -2.50. The van der Waals surface area contributed by atoms with Gasteiger partial charge in [-0.05, 0) is 26.8 Å². The fraction of sp³-hybridized carbons (Fsp3) is 0.643. The molecule has 1 unspecified atom stereocenters. The number of hydrogen-bond acceptors (Lipinski definition) is 5. The zero-order valence-electron chi connectivity index (χ0n) is 12.9. The summed E-state index contributed by atoms with van der Waals surface area (Å²) in [6.07, 6.45) is -0.380. The van der Waals surface area contributed by atoms with E-state index in [0.717, 1.165) is 0 Å². The van der Waals surface area contributed by atoms with Gasteiger partial charge in [-0.3, -0.25) is 4.90 Å². The van der Waals surface area contributed by atoms with Crippen LogP contribution in [0.3, 0.4) is 0 Å². The van der Waals surface area contributed by atoms with Crippen molar-refractivity contribution in [3.05, 3.63) is 22.7 Å². The van der Waals surface area contributed by atoms with Gasteiger partial charge in [0, 0.05) is 19.6 Å². The molecular formula is C14H20Cl2N4O2. The van der Waals surface area contributed by atoms with E-state index < -0.39 is 5.60 Å². The third-order valence-corrected chi connectivity index (χ3v) is 3.54. The number of amides is 1. The first-order valence-electron chi connectivity index (χ1n) is 7.10. The molecule has 1 amide bonds. The van der Waals surface area contributed by atoms with E-state index in [1.807, 2.05) is 20.8 Å². The normalized spacial score (nSPS) is 19.1. The minimum absolute atomic E-state index is 0.238. The van der Waals surface area contributed by atoms with Gasteiger partial charge in [0.1, 0.15) is 16.8 Å². The van der Waals surface area contributed by atoms with Crippen molar-refractivity contribution in [3.63, 3.8) is 0 Å². The Morgan fingerprint density at radius 1 is 1.50 bits per heavy atom. The number of halogens is 2. The third-order valence-electron chi connectivity index (χ3n) is 3.07. The number of piperazine rings is 1. The average Bonchev–Trinajstić information content (AvgIpc) is 2.44. The second-order valence-corrected chi connectivity index (χ2v) is 6.72. The maximum Gasteiger partial charge on any atom is 0.411 e. The summed E-state index contributed by atoms with van der Waals surface area (Å²) in [6.45, 7) is 7.27. The number of carbonyl (C=O) groups excluding carboxylic acids is 1. The minimum atomic E-state index is -0.553. The second kappa shape index (κ2) is 6.98. The molecule has 0 aliphatic carbocycles. The van der Waals surface area contributed by atoms with Gasteiger partial charge in [-0.1, -0.05) is 11.6 Å². The number of nitrogens with zero attached hydrogens (tertiary/aromatic N) is 3. The van der Waals surface area contributed by atoms with Crippen molar-refractivity contribution in [2.75, 3.05) is 19.6 Å². The van der Waals surface area contributed by atoms with E-state index in [9.17, 15) is 4.79 Å². The molecule has 122 valence electrons. The van der Waals surface area contributed by atoms with E-state index in [-0.39, 0.29) is 18.0 Å². The summed E-state index contributed by atoms with van der Waals surface area (Å²) in [7, 11) is 0. The lowest BCUT2D eigenvalue weighted by molar-refractivity contribution is 0.0108. The van der Waals surface area contributed by atoms with Gasteiger partial charge >= 0.3 is 6.09 Å². The Morgan fingerprint density at radius 2 is 2.23 bits per heavy atom. The number of hydrogen-bond donors (Lipinski definition) is 1. The molecule has 6 nitrogen and oxygen atoms in total. The first-order chi connectivity index (χ1) is 10.3. The van der Waals surface area contributed by atoms with Gasteiger partial charge in [-0.2, -0.15) is 0 Å². The number of nitrogens with one attached hydrogen (secondary N) is 1. The first kappa shape index (κ1) is 17.2. The van der Waals surface area contributed by atoms with Crippen molar-refractivity contribution >= 4 is 29.3 Å². The van der Waals surface area contributed by atoms with E-state index in [2.05, 4.69) is 15.3 Å². The van der Waals surface area contributed by atoms with Crippen molar-refractivity contribution in [3.8, 4) is 0 Å². The first-order valence-corrected chi connectivity index (χ1v) is 8.01. The molecule has 22 heavy (non-hydrogen) atoms. The summed E-state index contributed by atoms with van der Waals surface area (Å²) >= 11 is 11.8. The molecule has 0 spiro atoms. The number of aromatic nitrogens is 2. The lowest BCUT2D eigenvalue weighted by atomic mass is 10.1. The summed E-state index contributed by atoms with van der Waals surface area (Å²) in [5.41, 5.74) is 0.0783. The molecule has 8 heteroatoms. The Bertz CT molecular complexity index is 548. The molecule has 0 aromatic carbocycles. The van der Waals surface area contributed by atoms with Gasteiger partial charge in [0.25, 0.3) is 0 Å². The molecule has 1 aromatic heterocycles. The van der Waals surface area contributed by atoms with Gasteiger partial charge in [-0.15, -0.1) is 11.6 Å². The standard InChI is InChI=1S/C14H20Cl2N4O2/c1-14(2,3)22-13(21)20-5-4-17-8-10(20)12-18-9(7-15)6-11(16)19-12/h6,10,17H,4-5,7-8H2,1-3H3. The van der Waals surface area contributed by atoms with Gasteiger partial charge < -0.3 is 10.1 Å². The molecule has 2 heterocycles. The molecule has 0 saturated carbocycles. The van der Waals surface area contributed by atoms with Crippen molar-refractivity contribution in [2.24, 2.45) is 0 Å². The maximum absolute atomic E-state index is 12.4. The number of rotatable bonds is 2. The summed E-state index contributed by atoms with van der Waals surface area (Å²) < 4.78 is 5.46. The van der Waals surface area contributed by atoms with Crippen LogP contribution in [0.15, 0.2) is 6.07 Å². The molecule has 1 N–H and O–H groups in total. The smallest absolute Gasteiger partial charge is 0.411 e.